The maximum Gasteiger partial charge on any atom is 0.343 e. The van der Waals surface area contributed by atoms with Crippen molar-refractivity contribution in [3.05, 3.63) is 139 Å². The minimum absolute atomic E-state index is 0.110. The third-order valence-electron chi connectivity index (χ3n) is 8.68. The average molecular weight is 834 g/mol. The van der Waals surface area contributed by atoms with E-state index in [1.807, 2.05) is 30.3 Å². The lowest BCUT2D eigenvalue weighted by molar-refractivity contribution is -0.138. The Morgan fingerprint density at radius 2 is 1.23 bits per heavy atom. The van der Waals surface area contributed by atoms with Crippen LogP contribution >= 0.6 is 11.3 Å². The molecule has 5 aromatic rings. The maximum absolute atomic E-state index is 13.3. The van der Waals surface area contributed by atoms with Crippen molar-refractivity contribution in [1.29, 1.82) is 0 Å². The van der Waals surface area contributed by atoms with Gasteiger partial charge in [0.25, 0.3) is 0 Å². The fraction of sp³-hybridized carbons (Fsp3) is 0.261. The predicted octanol–water partition coefficient (Wildman–Crippen LogP) is 8.92. The number of anilines is 1. The lowest BCUT2D eigenvalue weighted by Crippen LogP contribution is -2.11. The second-order valence-electron chi connectivity index (χ2n) is 13.1. The van der Waals surface area contributed by atoms with Crippen molar-refractivity contribution in [2.24, 2.45) is 5.10 Å². The van der Waals surface area contributed by atoms with Gasteiger partial charge < -0.3 is 28.4 Å². The first kappa shape index (κ1) is 44.3. The van der Waals surface area contributed by atoms with Gasteiger partial charge in [-0.2, -0.15) is 5.10 Å². The van der Waals surface area contributed by atoms with Gasteiger partial charge in [-0.3, -0.25) is 5.43 Å². The van der Waals surface area contributed by atoms with E-state index in [0.717, 1.165) is 66.5 Å². The molecule has 60 heavy (non-hydrogen) atoms. The Morgan fingerprint density at radius 1 is 0.650 bits per heavy atom. The second-order valence-corrected chi connectivity index (χ2v) is 14.1. The lowest BCUT2D eigenvalue weighted by atomic mass is 10.1. The zero-order valence-electron chi connectivity index (χ0n) is 33.2. The summed E-state index contributed by atoms with van der Waals surface area (Å²) in [5.41, 5.74) is 5.89. The normalized spacial score (nSPS) is 10.8. The van der Waals surface area contributed by atoms with Gasteiger partial charge in [0.15, 0.2) is 0 Å². The van der Waals surface area contributed by atoms with Gasteiger partial charge in [-0.1, -0.05) is 42.7 Å². The second kappa shape index (κ2) is 24.2. The van der Waals surface area contributed by atoms with Gasteiger partial charge in [-0.15, -0.1) is 0 Å². The number of aromatic nitrogens is 1. The topological polar surface area (TPSA) is 161 Å². The van der Waals surface area contributed by atoms with Crippen molar-refractivity contribution in [2.75, 3.05) is 38.5 Å². The molecule has 0 atom stereocenters. The molecule has 1 N–H and O–H groups in total. The van der Waals surface area contributed by atoms with E-state index in [4.69, 9.17) is 28.4 Å². The fourth-order valence-corrected chi connectivity index (χ4v) is 6.32. The van der Waals surface area contributed by atoms with Gasteiger partial charge >= 0.3 is 23.9 Å². The Balaban J connectivity index is 1.13. The van der Waals surface area contributed by atoms with E-state index in [9.17, 15) is 19.2 Å². The van der Waals surface area contributed by atoms with Crippen LogP contribution < -0.4 is 19.6 Å². The molecule has 0 saturated carbocycles. The summed E-state index contributed by atoms with van der Waals surface area (Å²) in [6, 6.07) is 26.5. The highest BCUT2D eigenvalue weighted by Crippen LogP contribution is 2.26. The number of ether oxygens (including phenoxy) is 6. The SMILES string of the molecule is C=CC(=O)OCCCCCOc1ccc(C(=O)OCCc2ccc(OC(=O)c3ccc(OCCCCCOC(=O)C=C)cc3)c(/C=N/Nc3nc4ccccc4s3)c2)cc1. The van der Waals surface area contributed by atoms with Crippen molar-refractivity contribution >= 4 is 56.8 Å². The summed E-state index contributed by atoms with van der Waals surface area (Å²) >= 11 is 1.46. The van der Waals surface area contributed by atoms with E-state index in [1.165, 1.54) is 11.3 Å². The van der Waals surface area contributed by atoms with E-state index < -0.39 is 23.9 Å². The molecule has 0 spiro atoms. The first-order chi connectivity index (χ1) is 29.3. The molecule has 0 unspecified atom stereocenters. The zero-order valence-corrected chi connectivity index (χ0v) is 34.0. The van der Waals surface area contributed by atoms with Gasteiger partial charge in [-0.05, 0) is 117 Å². The fourth-order valence-electron chi connectivity index (χ4n) is 5.51. The van der Waals surface area contributed by atoms with Crippen LogP contribution in [0.25, 0.3) is 10.2 Å². The van der Waals surface area contributed by atoms with E-state index >= 15 is 0 Å². The van der Waals surface area contributed by atoms with Crippen LogP contribution in [-0.2, 0) is 30.2 Å². The van der Waals surface area contributed by atoms with Crippen LogP contribution in [0.5, 0.6) is 17.2 Å². The van der Waals surface area contributed by atoms with Crippen LogP contribution in [0.4, 0.5) is 5.13 Å². The number of carbonyl (C=O) groups is 4. The van der Waals surface area contributed by atoms with Gasteiger partial charge in [0.2, 0.25) is 5.13 Å². The monoisotopic (exact) mass is 833 g/mol. The van der Waals surface area contributed by atoms with E-state index in [-0.39, 0.29) is 12.4 Å². The largest absolute Gasteiger partial charge is 0.494 e. The molecule has 13 nitrogen and oxygen atoms in total. The zero-order chi connectivity index (χ0) is 42.4. The molecule has 4 aromatic carbocycles. The Morgan fingerprint density at radius 3 is 1.83 bits per heavy atom. The van der Waals surface area contributed by atoms with Crippen molar-refractivity contribution < 1.29 is 47.6 Å². The van der Waals surface area contributed by atoms with Crippen LogP contribution in [0.1, 0.15) is 70.4 Å². The molecule has 5 rings (SSSR count). The van der Waals surface area contributed by atoms with Crippen LogP contribution in [0.2, 0.25) is 0 Å². The highest BCUT2D eigenvalue weighted by molar-refractivity contribution is 7.22. The Bertz CT molecular complexity index is 2200. The molecular formula is C46H47N3O10S. The molecule has 1 aromatic heterocycles. The third kappa shape index (κ3) is 14.9. The molecule has 0 fully saturated rings. The van der Waals surface area contributed by atoms with Crippen molar-refractivity contribution in [3.8, 4) is 17.2 Å². The van der Waals surface area contributed by atoms with Crippen molar-refractivity contribution in [2.45, 2.75) is 44.9 Å². The first-order valence-corrected chi connectivity index (χ1v) is 20.3. The number of hydrogen-bond donors (Lipinski definition) is 1. The van der Waals surface area contributed by atoms with Gasteiger partial charge in [0, 0.05) is 24.1 Å². The number of thiazole rings is 1. The number of para-hydroxylation sites is 1. The van der Waals surface area contributed by atoms with E-state index in [2.05, 4.69) is 28.7 Å². The van der Waals surface area contributed by atoms with Crippen LogP contribution in [0.15, 0.2) is 121 Å². The minimum Gasteiger partial charge on any atom is -0.494 e. The summed E-state index contributed by atoms with van der Waals surface area (Å²) < 4.78 is 33.9. The Labute approximate surface area is 352 Å². The molecule has 0 saturated heterocycles. The number of hydrazone groups is 1. The summed E-state index contributed by atoms with van der Waals surface area (Å²) in [5.74, 6) is -0.365. The highest BCUT2D eigenvalue weighted by Gasteiger charge is 2.14. The molecule has 0 radical (unpaired) electrons. The first-order valence-electron chi connectivity index (χ1n) is 19.5. The van der Waals surface area contributed by atoms with Crippen LogP contribution in [-0.4, -0.2) is 68.1 Å². The molecule has 312 valence electrons. The summed E-state index contributed by atoms with van der Waals surface area (Å²) in [4.78, 5) is 52.9. The van der Waals surface area contributed by atoms with Crippen molar-refractivity contribution in [3.63, 3.8) is 0 Å². The minimum atomic E-state index is -0.564. The Hall–Kier alpha value is -6.80. The molecule has 0 aliphatic heterocycles. The number of nitrogens with one attached hydrogen (secondary N) is 1. The number of hydrogen-bond acceptors (Lipinski definition) is 14. The molecule has 1 heterocycles. The molecule has 0 bridgehead atoms. The van der Waals surface area contributed by atoms with Gasteiger partial charge in [0.05, 0.1) is 60.6 Å². The summed E-state index contributed by atoms with van der Waals surface area (Å²) in [6.07, 6.45) is 8.92. The van der Waals surface area contributed by atoms with Crippen molar-refractivity contribution in [1.82, 2.24) is 4.98 Å². The number of nitrogens with zero attached hydrogens (tertiary/aromatic N) is 2. The van der Waals surface area contributed by atoms with Gasteiger partial charge in [-0.25, -0.2) is 24.2 Å². The smallest absolute Gasteiger partial charge is 0.343 e. The number of fused-ring (bicyclic) bond motifs is 1. The number of esters is 4. The van der Waals surface area contributed by atoms with Gasteiger partial charge in [0.1, 0.15) is 17.2 Å². The third-order valence-corrected chi connectivity index (χ3v) is 9.62. The number of rotatable bonds is 25. The predicted molar refractivity (Wildman–Crippen MR) is 230 cm³/mol. The quantitative estimate of drug-likeness (QED) is 0.0113. The number of benzene rings is 4. The van der Waals surface area contributed by atoms with E-state index in [1.54, 1.807) is 66.9 Å². The molecule has 14 heteroatoms. The molecular weight excluding hydrogens is 787 g/mol. The number of carbonyl (C=O) groups excluding carboxylic acids is 4. The molecule has 0 aliphatic carbocycles. The van der Waals surface area contributed by atoms with Crippen LogP contribution in [0.3, 0.4) is 0 Å². The van der Waals surface area contributed by atoms with Crippen LogP contribution in [0, 0.1) is 0 Å². The standard InChI is InChI=1S/C46H47N3O10S/c1-3-42(50)56-28-11-5-9-26-54-37-20-16-34(17-21-37)44(52)58-30-25-33-15-24-40(36(31-33)32-47-49-46-48-39-13-7-8-14-41(39)60-46)59-45(53)35-18-22-38(23-19-35)55-27-10-6-12-29-57-43(51)4-2/h3-4,7-8,13-24,31-32H,1-2,5-6,9-12,25-30H2,(H,48,49)/b47-32+. The number of unbranched alkanes of at least 4 members (excludes halogenated alkanes) is 4. The summed E-state index contributed by atoms with van der Waals surface area (Å²) in [6.45, 7) is 8.50. The Kier molecular flexibility index (Phi) is 17.9. The van der Waals surface area contributed by atoms with E-state index in [0.29, 0.717) is 66.2 Å². The highest BCUT2D eigenvalue weighted by atomic mass is 32.1. The lowest BCUT2D eigenvalue weighted by Gasteiger charge is -2.11. The average Bonchev–Trinajstić information content (AvgIpc) is 3.69. The molecule has 0 amide bonds. The summed E-state index contributed by atoms with van der Waals surface area (Å²) in [7, 11) is 0. The maximum atomic E-state index is 13.3. The molecule has 0 aliphatic rings. The summed E-state index contributed by atoms with van der Waals surface area (Å²) in [5, 5.41) is 4.99.